The highest BCUT2D eigenvalue weighted by Gasteiger charge is 2.47. The van der Waals surface area contributed by atoms with Crippen LogP contribution in [0.3, 0.4) is 0 Å². The Labute approximate surface area is 107 Å². The number of pyridine rings is 1. The molecular formula is C13H18N2O3. The molecule has 0 aromatic carbocycles. The van der Waals surface area contributed by atoms with Gasteiger partial charge in [-0.05, 0) is 24.7 Å². The van der Waals surface area contributed by atoms with Crippen LogP contribution < -0.4 is 0 Å². The molecule has 0 aliphatic carbocycles. The fourth-order valence-corrected chi connectivity index (χ4v) is 2.21. The molecule has 0 radical (unpaired) electrons. The van der Waals surface area contributed by atoms with Crippen LogP contribution in [0.2, 0.25) is 0 Å². The maximum atomic E-state index is 11.8. The van der Waals surface area contributed by atoms with Gasteiger partial charge in [-0.2, -0.15) is 0 Å². The highest BCUT2D eigenvalue weighted by Crippen LogP contribution is 2.30. The molecule has 1 fully saturated rings. The second-order valence-electron chi connectivity index (χ2n) is 4.79. The first-order chi connectivity index (χ1) is 8.66. The molecule has 2 rings (SSSR count). The summed E-state index contributed by atoms with van der Waals surface area (Å²) in [4.78, 5) is 17.9. The van der Waals surface area contributed by atoms with E-state index in [1.165, 1.54) is 12.7 Å². The van der Waals surface area contributed by atoms with Gasteiger partial charge in [0.1, 0.15) is 5.41 Å². The number of esters is 1. The van der Waals surface area contributed by atoms with Gasteiger partial charge in [-0.1, -0.05) is 0 Å². The monoisotopic (exact) mass is 250 g/mol. The van der Waals surface area contributed by atoms with Crippen molar-refractivity contribution >= 4 is 5.97 Å². The van der Waals surface area contributed by atoms with E-state index in [0.717, 1.165) is 6.54 Å². The van der Waals surface area contributed by atoms with E-state index >= 15 is 0 Å². The van der Waals surface area contributed by atoms with Gasteiger partial charge in [0, 0.05) is 25.5 Å². The number of rotatable bonds is 5. The van der Waals surface area contributed by atoms with Crippen molar-refractivity contribution < 1.29 is 14.3 Å². The van der Waals surface area contributed by atoms with Crippen LogP contribution in [0.15, 0.2) is 24.5 Å². The molecule has 1 saturated heterocycles. The van der Waals surface area contributed by atoms with Gasteiger partial charge < -0.3 is 14.4 Å². The summed E-state index contributed by atoms with van der Waals surface area (Å²) in [5.74, 6) is -0.185. The number of hydrogen-bond acceptors (Lipinski definition) is 5. The lowest BCUT2D eigenvalue weighted by Gasteiger charge is -2.40. The third-order valence-electron chi connectivity index (χ3n) is 3.15. The van der Waals surface area contributed by atoms with E-state index in [9.17, 15) is 4.79 Å². The molecular weight excluding hydrogens is 232 g/mol. The van der Waals surface area contributed by atoms with Crippen LogP contribution in [0.25, 0.3) is 0 Å². The van der Waals surface area contributed by atoms with Crippen LogP contribution in [0, 0.1) is 5.41 Å². The third-order valence-corrected chi connectivity index (χ3v) is 3.15. The minimum atomic E-state index is -0.490. The standard InChI is InChI=1S/C13H18N2O3/c1-15(7-11-3-5-14-6-4-11)8-13(9-18-10-13)12(16)17-2/h3-6H,7-10H2,1-2H3. The normalized spacial score (nSPS) is 17.3. The summed E-state index contributed by atoms with van der Waals surface area (Å²) in [5.41, 5.74) is 0.684. The van der Waals surface area contributed by atoms with Crippen LogP contribution >= 0.6 is 0 Å². The van der Waals surface area contributed by atoms with E-state index in [1.807, 2.05) is 19.2 Å². The van der Waals surface area contributed by atoms with Crippen LogP contribution in [-0.2, 0) is 20.8 Å². The average Bonchev–Trinajstić information content (AvgIpc) is 2.34. The minimum absolute atomic E-state index is 0.185. The van der Waals surface area contributed by atoms with Gasteiger partial charge in [0.2, 0.25) is 0 Å². The molecule has 1 aromatic heterocycles. The van der Waals surface area contributed by atoms with Crippen molar-refractivity contribution in [2.24, 2.45) is 5.41 Å². The molecule has 1 aromatic rings. The Morgan fingerprint density at radius 1 is 1.50 bits per heavy atom. The Hall–Kier alpha value is -1.46. The lowest BCUT2D eigenvalue weighted by Crippen LogP contribution is -2.55. The summed E-state index contributed by atoms with van der Waals surface area (Å²) in [6.07, 6.45) is 3.54. The summed E-state index contributed by atoms with van der Waals surface area (Å²) in [5, 5.41) is 0. The molecule has 18 heavy (non-hydrogen) atoms. The Morgan fingerprint density at radius 2 is 2.17 bits per heavy atom. The van der Waals surface area contributed by atoms with Gasteiger partial charge in [0.05, 0.1) is 20.3 Å². The first kappa shape index (κ1) is 13.0. The largest absolute Gasteiger partial charge is 0.468 e. The predicted molar refractivity (Wildman–Crippen MR) is 65.8 cm³/mol. The summed E-state index contributed by atoms with van der Waals surface area (Å²) >= 11 is 0. The van der Waals surface area contributed by atoms with Crippen molar-refractivity contribution in [3.8, 4) is 0 Å². The molecule has 0 bridgehead atoms. The Bertz CT molecular complexity index is 404. The van der Waals surface area contributed by atoms with E-state index in [4.69, 9.17) is 9.47 Å². The second kappa shape index (κ2) is 5.46. The number of carbonyl (C=O) groups excluding carboxylic acids is 1. The van der Waals surface area contributed by atoms with Gasteiger partial charge in [-0.3, -0.25) is 9.78 Å². The quantitative estimate of drug-likeness (QED) is 0.720. The molecule has 1 aliphatic heterocycles. The van der Waals surface area contributed by atoms with Crippen LogP contribution in [-0.4, -0.2) is 49.8 Å². The maximum absolute atomic E-state index is 11.8. The first-order valence-electron chi connectivity index (χ1n) is 5.90. The Kier molecular flexibility index (Phi) is 3.93. The molecule has 0 saturated carbocycles. The molecule has 5 nitrogen and oxygen atoms in total. The summed E-state index contributed by atoms with van der Waals surface area (Å²) in [7, 11) is 3.41. The van der Waals surface area contributed by atoms with Crippen LogP contribution in [0.4, 0.5) is 0 Å². The SMILES string of the molecule is COC(=O)C1(CN(C)Cc2ccncc2)COC1. The fourth-order valence-electron chi connectivity index (χ4n) is 2.21. The molecule has 0 unspecified atom stereocenters. The zero-order valence-electron chi connectivity index (χ0n) is 10.8. The summed E-state index contributed by atoms with van der Waals surface area (Å²) in [6, 6.07) is 3.94. The van der Waals surface area contributed by atoms with Crippen molar-refractivity contribution in [1.29, 1.82) is 0 Å². The van der Waals surface area contributed by atoms with E-state index < -0.39 is 5.41 Å². The van der Waals surface area contributed by atoms with Gasteiger partial charge in [0.15, 0.2) is 0 Å². The van der Waals surface area contributed by atoms with Gasteiger partial charge in [-0.25, -0.2) is 0 Å². The van der Waals surface area contributed by atoms with Crippen molar-refractivity contribution in [3.63, 3.8) is 0 Å². The van der Waals surface area contributed by atoms with Crippen LogP contribution in [0.5, 0.6) is 0 Å². The molecule has 0 atom stereocenters. The minimum Gasteiger partial charge on any atom is -0.468 e. The van der Waals surface area contributed by atoms with Crippen molar-refractivity contribution in [3.05, 3.63) is 30.1 Å². The second-order valence-corrected chi connectivity index (χ2v) is 4.79. The Balaban J connectivity index is 1.94. The Morgan fingerprint density at radius 3 is 2.67 bits per heavy atom. The molecule has 0 spiro atoms. The van der Waals surface area contributed by atoms with E-state index in [2.05, 4.69) is 9.88 Å². The zero-order valence-corrected chi connectivity index (χ0v) is 10.8. The number of methoxy groups -OCH3 is 1. The topological polar surface area (TPSA) is 51.7 Å². The highest BCUT2D eigenvalue weighted by atomic mass is 16.5. The zero-order chi connectivity index (χ0) is 13.0. The summed E-state index contributed by atoms with van der Waals surface area (Å²) < 4.78 is 10.0. The van der Waals surface area contributed by atoms with Crippen molar-refractivity contribution in [2.75, 3.05) is 33.9 Å². The number of hydrogen-bond donors (Lipinski definition) is 0. The number of carbonyl (C=O) groups is 1. The van der Waals surface area contributed by atoms with Crippen molar-refractivity contribution in [1.82, 2.24) is 9.88 Å². The van der Waals surface area contributed by atoms with Gasteiger partial charge in [0.25, 0.3) is 0 Å². The van der Waals surface area contributed by atoms with E-state index in [0.29, 0.717) is 19.8 Å². The van der Waals surface area contributed by atoms with Crippen molar-refractivity contribution in [2.45, 2.75) is 6.54 Å². The molecule has 5 heteroatoms. The highest BCUT2D eigenvalue weighted by molar-refractivity contribution is 5.78. The number of aromatic nitrogens is 1. The number of nitrogens with zero attached hydrogens (tertiary/aromatic N) is 2. The average molecular weight is 250 g/mol. The lowest BCUT2D eigenvalue weighted by atomic mass is 9.85. The summed E-state index contributed by atoms with van der Waals surface area (Å²) in [6.45, 7) is 2.31. The smallest absolute Gasteiger partial charge is 0.317 e. The van der Waals surface area contributed by atoms with Gasteiger partial charge in [-0.15, -0.1) is 0 Å². The lowest BCUT2D eigenvalue weighted by molar-refractivity contribution is -0.186. The van der Waals surface area contributed by atoms with E-state index in [-0.39, 0.29) is 5.97 Å². The first-order valence-corrected chi connectivity index (χ1v) is 5.90. The molecule has 0 N–H and O–H groups in total. The van der Waals surface area contributed by atoms with Gasteiger partial charge >= 0.3 is 5.97 Å². The number of ether oxygens (including phenoxy) is 2. The fraction of sp³-hybridized carbons (Fsp3) is 0.538. The predicted octanol–water partition coefficient (Wildman–Crippen LogP) is 0.703. The molecule has 1 aliphatic rings. The third kappa shape index (κ3) is 2.68. The molecule has 98 valence electrons. The molecule has 0 amide bonds. The van der Waals surface area contributed by atoms with Crippen LogP contribution in [0.1, 0.15) is 5.56 Å². The van der Waals surface area contributed by atoms with E-state index in [1.54, 1.807) is 12.4 Å². The maximum Gasteiger partial charge on any atom is 0.317 e. The molecule has 2 heterocycles.